The molecule has 2 aromatic carbocycles. The van der Waals surface area contributed by atoms with Gasteiger partial charge in [-0.2, -0.15) is 0 Å². The molecule has 1 aliphatic rings. The molecule has 0 bridgehead atoms. The van der Waals surface area contributed by atoms with Gasteiger partial charge in [-0.05, 0) is 75.4 Å². The number of imidazole rings is 1. The minimum absolute atomic E-state index is 0.00107. The Bertz CT molecular complexity index is 1350. The molecule has 0 spiro atoms. The highest BCUT2D eigenvalue weighted by molar-refractivity contribution is 5.91. The molecule has 1 amide bonds. The summed E-state index contributed by atoms with van der Waals surface area (Å²) in [7, 11) is 3.98. The van der Waals surface area contributed by atoms with E-state index in [9.17, 15) is 9.18 Å². The molecule has 0 radical (unpaired) electrons. The summed E-state index contributed by atoms with van der Waals surface area (Å²) in [5, 5.41) is 6.13. The molecular formula is C26H27FN6O2. The number of carbonyl (C=O) groups excluding carboxylic acids is 1. The molecule has 1 fully saturated rings. The first-order chi connectivity index (χ1) is 16.9. The van der Waals surface area contributed by atoms with Gasteiger partial charge in [0, 0.05) is 37.0 Å². The van der Waals surface area contributed by atoms with Crippen LogP contribution in [-0.4, -0.2) is 45.5 Å². The normalized spacial score (nSPS) is 14.7. The van der Waals surface area contributed by atoms with Crippen molar-refractivity contribution in [3.63, 3.8) is 0 Å². The minimum atomic E-state index is -0.289. The number of halogens is 1. The Hall–Kier alpha value is -3.98. The summed E-state index contributed by atoms with van der Waals surface area (Å²) >= 11 is 0. The van der Waals surface area contributed by atoms with Crippen molar-refractivity contribution in [3.8, 4) is 11.5 Å². The molecule has 0 aliphatic carbocycles. The van der Waals surface area contributed by atoms with Crippen molar-refractivity contribution >= 4 is 34.4 Å². The third-order valence-corrected chi connectivity index (χ3v) is 6.26. The number of benzene rings is 2. The fourth-order valence-electron chi connectivity index (χ4n) is 4.20. The van der Waals surface area contributed by atoms with E-state index in [1.807, 2.05) is 29.8 Å². The summed E-state index contributed by atoms with van der Waals surface area (Å²) < 4.78 is 21.2. The molecule has 1 saturated heterocycles. The zero-order chi connectivity index (χ0) is 24.4. The van der Waals surface area contributed by atoms with Crippen LogP contribution in [0.4, 0.5) is 21.8 Å². The monoisotopic (exact) mass is 474 g/mol. The topological polar surface area (TPSA) is 84.3 Å². The van der Waals surface area contributed by atoms with E-state index in [1.165, 1.54) is 12.1 Å². The predicted molar refractivity (Wildman–Crippen MR) is 134 cm³/mol. The van der Waals surface area contributed by atoms with Crippen LogP contribution in [0.15, 0.2) is 60.8 Å². The Balaban J connectivity index is 1.28. The van der Waals surface area contributed by atoms with E-state index in [0.29, 0.717) is 23.3 Å². The van der Waals surface area contributed by atoms with Crippen LogP contribution in [-0.2, 0) is 11.8 Å². The quantitative estimate of drug-likeness (QED) is 0.413. The number of likely N-dealkylation sites (tertiary alicyclic amines) is 1. The number of fused-ring (bicyclic) bond motifs is 1. The molecule has 0 unspecified atom stereocenters. The van der Waals surface area contributed by atoms with Crippen molar-refractivity contribution in [2.45, 2.75) is 12.8 Å². The van der Waals surface area contributed by atoms with Crippen LogP contribution < -0.4 is 15.4 Å². The summed E-state index contributed by atoms with van der Waals surface area (Å²) in [4.78, 5) is 23.8. The van der Waals surface area contributed by atoms with Gasteiger partial charge in [0.15, 0.2) is 0 Å². The summed E-state index contributed by atoms with van der Waals surface area (Å²) in [6.07, 6.45) is 3.31. The lowest BCUT2D eigenvalue weighted by molar-refractivity contribution is -0.121. The molecule has 35 heavy (non-hydrogen) atoms. The lowest BCUT2D eigenvalue weighted by atomic mass is 9.96. The zero-order valence-electron chi connectivity index (χ0n) is 19.7. The summed E-state index contributed by atoms with van der Waals surface area (Å²) in [5.74, 6) is 1.99. The summed E-state index contributed by atoms with van der Waals surface area (Å²) in [6.45, 7) is 1.84. The molecule has 8 nitrogen and oxygen atoms in total. The second-order valence-electron chi connectivity index (χ2n) is 8.82. The number of pyridine rings is 1. The first kappa shape index (κ1) is 22.8. The highest BCUT2D eigenvalue weighted by atomic mass is 19.1. The van der Waals surface area contributed by atoms with Crippen molar-refractivity contribution < 1.29 is 13.9 Å². The van der Waals surface area contributed by atoms with Crippen molar-refractivity contribution in [2.75, 3.05) is 30.8 Å². The molecule has 2 aromatic heterocycles. The molecule has 180 valence electrons. The van der Waals surface area contributed by atoms with Crippen molar-refractivity contribution in [3.05, 3.63) is 66.6 Å². The summed E-state index contributed by atoms with van der Waals surface area (Å²) in [6, 6.07) is 15.2. The maximum absolute atomic E-state index is 13.2. The van der Waals surface area contributed by atoms with Gasteiger partial charge in [-0.15, -0.1) is 0 Å². The molecule has 0 atom stereocenters. The number of nitrogens with zero attached hydrogens (tertiary/aromatic N) is 4. The van der Waals surface area contributed by atoms with Gasteiger partial charge in [0.2, 0.25) is 11.9 Å². The van der Waals surface area contributed by atoms with Crippen molar-refractivity contribution in [2.24, 2.45) is 13.0 Å². The number of piperidine rings is 1. The van der Waals surface area contributed by atoms with Gasteiger partial charge in [0.05, 0.1) is 11.0 Å². The van der Waals surface area contributed by atoms with Gasteiger partial charge in [0.1, 0.15) is 23.1 Å². The Morgan fingerprint density at radius 2 is 1.77 bits per heavy atom. The molecule has 2 N–H and O–H groups in total. The van der Waals surface area contributed by atoms with Crippen LogP contribution in [0.5, 0.6) is 11.5 Å². The van der Waals surface area contributed by atoms with Crippen molar-refractivity contribution in [1.82, 2.24) is 19.4 Å². The largest absolute Gasteiger partial charge is 0.457 e. The van der Waals surface area contributed by atoms with Gasteiger partial charge in [-0.25, -0.2) is 14.4 Å². The average molecular weight is 475 g/mol. The predicted octanol–water partition coefficient (Wildman–Crippen LogP) is 4.92. The van der Waals surface area contributed by atoms with E-state index in [1.54, 1.807) is 30.5 Å². The van der Waals surface area contributed by atoms with Crippen LogP contribution in [0.2, 0.25) is 0 Å². The maximum Gasteiger partial charge on any atom is 0.228 e. The number of nitrogens with one attached hydrogen (secondary N) is 2. The van der Waals surface area contributed by atoms with Crippen LogP contribution in [0, 0.1) is 11.7 Å². The van der Waals surface area contributed by atoms with Crippen molar-refractivity contribution in [1.29, 1.82) is 0 Å². The number of rotatable bonds is 6. The van der Waals surface area contributed by atoms with Gasteiger partial charge in [-0.3, -0.25) is 4.79 Å². The second kappa shape index (κ2) is 9.71. The number of carbonyl (C=O) groups is 1. The lowest BCUT2D eigenvalue weighted by Gasteiger charge is -2.27. The van der Waals surface area contributed by atoms with Crippen LogP contribution in [0.1, 0.15) is 12.8 Å². The van der Waals surface area contributed by atoms with E-state index < -0.39 is 0 Å². The Morgan fingerprint density at radius 1 is 1.03 bits per heavy atom. The number of hydrogen-bond donors (Lipinski definition) is 2. The second-order valence-corrected chi connectivity index (χ2v) is 8.82. The smallest absolute Gasteiger partial charge is 0.228 e. The maximum atomic E-state index is 13.2. The number of ether oxygens (including phenoxy) is 1. The van der Waals surface area contributed by atoms with E-state index in [0.717, 1.165) is 42.7 Å². The fraction of sp³-hybridized carbons (Fsp3) is 0.269. The number of hydrogen-bond acceptors (Lipinski definition) is 6. The van der Waals surface area contributed by atoms with Gasteiger partial charge in [0.25, 0.3) is 0 Å². The molecule has 4 aromatic rings. The first-order valence-electron chi connectivity index (χ1n) is 11.6. The van der Waals surface area contributed by atoms with E-state index >= 15 is 0 Å². The lowest BCUT2D eigenvalue weighted by Crippen LogP contribution is -2.36. The average Bonchev–Trinajstić information content (AvgIpc) is 3.15. The number of amides is 1. The number of aryl methyl sites for hydroxylation is 1. The Morgan fingerprint density at radius 3 is 2.54 bits per heavy atom. The molecule has 1 aliphatic heterocycles. The van der Waals surface area contributed by atoms with Crippen LogP contribution in [0.25, 0.3) is 11.0 Å². The van der Waals surface area contributed by atoms with E-state index in [4.69, 9.17) is 4.74 Å². The zero-order valence-corrected chi connectivity index (χ0v) is 19.7. The van der Waals surface area contributed by atoms with Crippen LogP contribution in [0.3, 0.4) is 0 Å². The third kappa shape index (κ3) is 5.25. The SMILES string of the molecule is CN1CCC(C(=O)Nc2cc(Oc3ccc4c(c3)nc(Nc3ccc(F)cc3)n4C)ccn2)CC1. The Labute approximate surface area is 202 Å². The van der Waals surface area contributed by atoms with E-state index in [-0.39, 0.29) is 17.6 Å². The highest BCUT2D eigenvalue weighted by Gasteiger charge is 2.23. The van der Waals surface area contributed by atoms with E-state index in [2.05, 4.69) is 32.5 Å². The molecular weight excluding hydrogens is 447 g/mol. The highest BCUT2D eigenvalue weighted by Crippen LogP contribution is 2.29. The first-order valence-corrected chi connectivity index (χ1v) is 11.6. The third-order valence-electron chi connectivity index (χ3n) is 6.26. The molecule has 9 heteroatoms. The molecule has 0 saturated carbocycles. The van der Waals surface area contributed by atoms with Crippen LogP contribution >= 0.6 is 0 Å². The fourth-order valence-corrected chi connectivity index (χ4v) is 4.20. The standard InChI is InChI=1S/C26H27FN6O2/c1-32-13-10-17(11-14-32)25(34)31-24-16-21(9-12-28-24)35-20-7-8-23-22(15-20)30-26(33(23)2)29-19-5-3-18(27)4-6-19/h3-9,12,15-17H,10-11,13-14H2,1-2H3,(H,29,30)(H,28,31,34). The summed E-state index contributed by atoms with van der Waals surface area (Å²) in [5.41, 5.74) is 2.41. The molecule has 5 rings (SSSR count). The minimum Gasteiger partial charge on any atom is -0.457 e. The number of aromatic nitrogens is 3. The molecule has 3 heterocycles. The number of anilines is 3. The van der Waals surface area contributed by atoms with Gasteiger partial charge < -0.3 is 24.8 Å². The van der Waals surface area contributed by atoms with Gasteiger partial charge >= 0.3 is 0 Å². The van der Waals surface area contributed by atoms with Gasteiger partial charge in [-0.1, -0.05) is 0 Å². The Kier molecular flexibility index (Phi) is 6.33.